The maximum atomic E-state index is 13.3. The van der Waals surface area contributed by atoms with Gasteiger partial charge in [-0.15, -0.1) is 0 Å². The van der Waals surface area contributed by atoms with Crippen molar-refractivity contribution in [1.29, 1.82) is 0 Å². The van der Waals surface area contributed by atoms with Crippen molar-refractivity contribution in [2.24, 2.45) is 0 Å². The zero-order chi connectivity index (χ0) is 23.8. The fourth-order valence-electron chi connectivity index (χ4n) is 4.62. The summed E-state index contributed by atoms with van der Waals surface area (Å²) >= 11 is 0. The van der Waals surface area contributed by atoms with Gasteiger partial charge in [-0.25, -0.2) is 0 Å². The second-order valence-corrected chi connectivity index (χ2v) is 9.63. The fourth-order valence-corrected chi connectivity index (χ4v) is 4.62. The number of nitrogens with zero attached hydrogens (tertiary/aromatic N) is 3. The number of nitrogens with one attached hydrogen (secondary N) is 2. The summed E-state index contributed by atoms with van der Waals surface area (Å²) in [4.78, 5) is 40.7. The number of hydrogen-bond donors (Lipinski definition) is 2. The van der Waals surface area contributed by atoms with Crippen LogP contribution in [0.3, 0.4) is 0 Å². The third-order valence-corrected chi connectivity index (χ3v) is 7.18. The maximum absolute atomic E-state index is 13.3. The van der Waals surface area contributed by atoms with E-state index < -0.39 is 5.54 Å². The minimum absolute atomic E-state index is 0.138. The smallest absolute Gasteiger partial charge is 0.276 e. The van der Waals surface area contributed by atoms with Crippen LogP contribution in [0.1, 0.15) is 77.6 Å². The molecule has 2 heterocycles. The van der Waals surface area contributed by atoms with Crippen molar-refractivity contribution < 1.29 is 14.4 Å². The third kappa shape index (κ3) is 4.51. The molecule has 1 saturated carbocycles. The Bertz CT molecular complexity index is 1080. The molecule has 2 N–H and O–H groups in total. The Morgan fingerprint density at radius 1 is 1.06 bits per heavy atom. The number of likely N-dealkylation sites (N-methyl/N-ethyl adjacent to an activating group) is 1. The van der Waals surface area contributed by atoms with Crippen molar-refractivity contribution in [3.63, 3.8) is 0 Å². The Balaban J connectivity index is 1.52. The highest BCUT2D eigenvalue weighted by molar-refractivity contribution is 6.05. The molecule has 0 spiro atoms. The summed E-state index contributed by atoms with van der Waals surface area (Å²) in [5.74, 6) is -0.884. The van der Waals surface area contributed by atoms with Gasteiger partial charge in [0.15, 0.2) is 5.69 Å². The van der Waals surface area contributed by atoms with Crippen molar-refractivity contribution in [3.8, 4) is 0 Å². The van der Waals surface area contributed by atoms with Gasteiger partial charge < -0.3 is 15.5 Å². The average Bonchev–Trinajstić information content (AvgIpc) is 3.03. The first-order valence-electron chi connectivity index (χ1n) is 11.7. The Morgan fingerprint density at radius 2 is 1.76 bits per heavy atom. The number of rotatable bonds is 4. The molecule has 0 saturated heterocycles. The van der Waals surface area contributed by atoms with E-state index in [1.807, 2.05) is 32.0 Å². The Labute approximate surface area is 194 Å². The molecule has 1 aromatic carbocycles. The second-order valence-electron chi connectivity index (χ2n) is 9.63. The summed E-state index contributed by atoms with van der Waals surface area (Å²) in [6, 6.07) is 7.32. The van der Waals surface area contributed by atoms with E-state index in [0.29, 0.717) is 11.4 Å². The zero-order valence-electron chi connectivity index (χ0n) is 19.9. The lowest BCUT2D eigenvalue weighted by atomic mass is 9.95. The second kappa shape index (κ2) is 9.00. The predicted molar refractivity (Wildman–Crippen MR) is 126 cm³/mol. The number of carbonyl (C=O) groups is 3. The molecule has 1 fully saturated rings. The molecule has 8 nitrogen and oxygen atoms in total. The summed E-state index contributed by atoms with van der Waals surface area (Å²) in [6.07, 6.45) is 6.55. The van der Waals surface area contributed by atoms with Gasteiger partial charge in [-0.1, -0.05) is 31.7 Å². The van der Waals surface area contributed by atoms with Crippen LogP contribution in [0.25, 0.3) is 0 Å². The molecule has 33 heavy (non-hydrogen) atoms. The van der Waals surface area contributed by atoms with Crippen LogP contribution < -0.4 is 10.6 Å². The number of aryl methyl sites for hydroxylation is 2. The number of fused-ring (bicyclic) bond motifs is 1. The van der Waals surface area contributed by atoms with Gasteiger partial charge in [0.25, 0.3) is 11.8 Å². The van der Waals surface area contributed by atoms with Gasteiger partial charge in [0.05, 0.1) is 6.54 Å². The van der Waals surface area contributed by atoms with E-state index in [9.17, 15) is 14.4 Å². The van der Waals surface area contributed by atoms with Gasteiger partial charge in [-0.3, -0.25) is 19.1 Å². The van der Waals surface area contributed by atoms with E-state index in [1.165, 1.54) is 28.5 Å². The van der Waals surface area contributed by atoms with Gasteiger partial charge in [0.2, 0.25) is 5.91 Å². The van der Waals surface area contributed by atoms with E-state index in [1.54, 1.807) is 14.0 Å². The molecule has 8 heteroatoms. The monoisotopic (exact) mass is 451 g/mol. The van der Waals surface area contributed by atoms with Crippen molar-refractivity contribution >= 4 is 23.4 Å². The first-order chi connectivity index (χ1) is 15.7. The maximum Gasteiger partial charge on any atom is 0.276 e. The lowest BCUT2D eigenvalue weighted by Crippen LogP contribution is -2.63. The largest absolute Gasteiger partial charge is 0.351 e. The molecule has 1 aromatic heterocycles. The Kier molecular flexibility index (Phi) is 6.28. The van der Waals surface area contributed by atoms with Gasteiger partial charge in [-0.2, -0.15) is 5.10 Å². The summed E-state index contributed by atoms with van der Waals surface area (Å²) < 4.78 is 1.49. The minimum Gasteiger partial charge on any atom is -0.351 e. The Morgan fingerprint density at radius 3 is 2.42 bits per heavy atom. The molecule has 2 aliphatic rings. The highest BCUT2D eigenvalue weighted by atomic mass is 16.2. The zero-order valence-corrected chi connectivity index (χ0v) is 19.9. The molecule has 1 atom stereocenters. The third-order valence-electron chi connectivity index (χ3n) is 7.18. The van der Waals surface area contributed by atoms with E-state index in [-0.39, 0.29) is 36.0 Å². The molecule has 0 bridgehead atoms. The van der Waals surface area contributed by atoms with Crippen LogP contribution in [-0.2, 0) is 11.3 Å². The van der Waals surface area contributed by atoms with Gasteiger partial charge in [-0.05, 0) is 56.9 Å². The van der Waals surface area contributed by atoms with Crippen molar-refractivity contribution in [3.05, 3.63) is 46.8 Å². The van der Waals surface area contributed by atoms with E-state index in [4.69, 9.17) is 0 Å². The molecule has 176 valence electrons. The number of anilines is 1. The lowest BCUT2D eigenvalue weighted by molar-refractivity contribution is -0.133. The molecular formula is C25H33N5O3. The van der Waals surface area contributed by atoms with Gasteiger partial charge in [0, 0.05) is 24.8 Å². The fraction of sp³-hybridized carbons (Fsp3) is 0.520. The molecule has 4 rings (SSSR count). The summed E-state index contributed by atoms with van der Waals surface area (Å²) in [5.41, 5.74) is 2.26. The molecule has 1 aliphatic carbocycles. The normalized spacial score (nSPS) is 21.3. The standard InChI is InChI=1S/C25H33N5O3/c1-16-11-12-19(13-17(16)2)26-22(31)20-14-21-23(32)29(4)25(3,15-30(21)28-20)24(33)27-18-9-7-5-6-8-10-18/h11-14,18H,5-10,15H2,1-4H3,(H,26,31)(H,27,33). The Hall–Kier alpha value is -3.16. The van der Waals surface area contributed by atoms with Crippen molar-refractivity contribution in [2.45, 2.75) is 77.4 Å². The highest BCUT2D eigenvalue weighted by Gasteiger charge is 2.46. The van der Waals surface area contributed by atoms with Crippen LogP contribution >= 0.6 is 0 Å². The first kappa shape index (κ1) is 23.0. The summed E-state index contributed by atoms with van der Waals surface area (Å²) in [5, 5.41) is 10.4. The number of amides is 3. The van der Waals surface area contributed by atoms with Crippen LogP contribution in [0.15, 0.2) is 24.3 Å². The number of hydrogen-bond acceptors (Lipinski definition) is 4. The molecule has 0 radical (unpaired) electrons. The molecular weight excluding hydrogens is 418 g/mol. The molecule has 2 aromatic rings. The highest BCUT2D eigenvalue weighted by Crippen LogP contribution is 2.27. The van der Waals surface area contributed by atoms with E-state index in [0.717, 1.165) is 36.8 Å². The van der Waals surface area contributed by atoms with Gasteiger partial charge in [0.1, 0.15) is 11.2 Å². The average molecular weight is 452 g/mol. The quantitative estimate of drug-likeness (QED) is 0.696. The van der Waals surface area contributed by atoms with Crippen molar-refractivity contribution in [2.75, 3.05) is 12.4 Å². The molecule has 1 aliphatic heterocycles. The molecule has 1 unspecified atom stereocenters. The van der Waals surface area contributed by atoms with Crippen molar-refractivity contribution in [1.82, 2.24) is 20.0 Å². The van der Waals surface area contributed by atoms with E-state index >= 15 is 0 Å². The minimum atomic E-state index is -1.08. The van der Waals surface area contributed by atoms with E-state index in [2.05, 4.69) is 15.7 Å². The van der Waals surface area contributed by atoms with Crippen LogP contribution in [0.2, 0.25) is 0 Å². The molecule has 3 amide bonds. The summed E-state index contributed by atoms with van der Waals surface area (Å²) in [7, 11) is 1.64. The van der Waals surface area contributed by atoms with Gasteiger partial charge >= 0.3 is 0 Å². The SMILES string of the molecule is Cc1ccc(NC(=O)c2cc3n(n2)CC(C)(C(=O)NC2CCCCCC2)N(C)C3=O)cc1C. The number of carbonyl (C=O) groups excluding carboxylic acids is 3. The number of benzene rings is 1. The first-order valence-corrected chi connectivity index (χ1v) is 11.7. The predicted octanol–water partition coefficient (Wildman–Crippen LogP) is 3.44. The summed E-state index contributed by atoms with van der Waals surface area (Å²) in [6.45, 7) is 5.95. The van der Waals surface area contributed by atoms with Crippen LogP contribution in [-0.4, -0.2) is 51.0 Å². The van der Waals surface area contributed by atoms with Crippen LogP contribution in [0.4, 0.5) is 5.69 Å². The lowest BCUT2D eigenvalue weighted by Gasteiger charge is -2.41. The van der Waals surface area contributed by atoms with Crippen LogP contribution in [0.5, 0.6) is 0 Å². The van der Waals surface area contributed by atoms with Crippen LogP contribution in [0, 0.1) is 13.8 Å². The topological polar surface area (TPSA) is 96.3 Å². The number of aromatic nitrogens is 2.